The summed E-state index contributed by atoms with van der Waals surface area (Å²) in [6.45, 7) is 16.8. The smallest absolute Gasteiger partial charge is 0.330 e. The van der Waals surface area contributed by atoms with Crippen LogP contribution in [0.3, 0.4) is 0 Å². The Labute approximate surface area is 158 Å². The Bertz CT molecular complexity index is 461. The average molecular weight is 370 g/mol. The predicted molar refractivity (Wildman–Crippen MR) is 103 cm³/mol. The van der Waals surface area contributed by atoms with E-state index in [4.69, 9.17) is 14.2 Å². The van der Waals surface area contributed by atoms with Crippen LogP contribution < -0.4 is 5.32 Å². The second-order valence-corrected chi connectivity index (χ2v) is 7.09. The zero-order valence-corrected chi connectivity index (χ0v) is 16.8. The van der Waals surface area contributed by atoms with Crippen molar-refractivity contribution in [3.63, 3.8) is 0 Å². The van der Waals surface area contributed by atoms with E-state index in [2.05, 4.69) is 25.4 Å². The molecule has 0 aromatic rings. The maximum atomic E-state index is 11.4. The molecule has 26 heavy (non-hydrogen) atoms. The Morgan fingerprint density at radius 1 is 1.04 bits per heavy atom. The van der Waals surface area contributed by atoms with Crippen LogP contribution in [0.15, 0.2) is 25.3 Å². The van der Waals surface area contributed by atoms with Crippen molar-refractivity contribution in [1.29, 1.82) is 0 Å². The summed E-state index contributed by atoms with van der Waals surface area (Å²) >= 11 is 0. The molecule has 0 saturated carbocycles. The maximum absolute atomic E-state index is 11.4. The normalized spacial score (nSPS) is 13.5. The summed E-state index contributed by atoms with van der Waals surface area (Å²) in [5, 5.41) is 3.38. The highest BCUT2D eigenvalue weighted by Gasteiger charge is 2.28. The summed E-state index contributed by atoms with van der Waals surface area (Å²) < 4.78 is 16.5. The van der Waals surface area contributed by atoms with Crippen LogP contribution in [0, 0.1) is 0 Å². The Morgan fingerprint density at radius 2 is 1.69 bits per heavy atom. The lowest BCUT2D eigenvalue weighted by molar-refractivity contribution is -0.153. The Hall–Kier alpha value is -1.66. The van der Waals surface area contributed by atoms with E-state index in [-0.39, 0.29) is 6.61 Å². The fourth-order valence-corrected chi connectivity index (χ4v) is 2.20. The molecule has 1 atom stereocenters. The molecule has 0 fully saturated rings. The molecular formula is C20H35NO5. The number of unbranched alkanes of at least 4 members (excludes halogenated alkanes) is 1. The fraction of sp³-hybridized carbons (Fsp3) is 0.700. The molecule has 0 rings (SSSR count). The SMILES string of the molecule is C=CC(=O)OCCC(C)(CNCCCC)OCCC(C)(C)OC(=O)C=C. The van der Waals surface area contributed by atoms with Crippen molar-refractivity contribution in [2.75, 3.05) is 26.3 Å². The molecule has 0 heterocycles. The van der Waals surface area contributed by atoms with Crippen LogP contribution >= 0.6 is 0 Å². The van der Waals surface area contributed by atoms with Crippen LogP contribution in [0.25, 0.3) is 0 Å². The van der Waals surface area contributed by atoms with Gasteiger partial charge in [-0.3, -0.25) is 0 Å². The lowest BCUT2D eigenvalue weighted by Crippen LogP contribution is -2.43. The van der Waals surface area contributed by atoms with Crippen LogP contribution in [0.1, 0.15) is 53.4 Å². The van der Waals surface area contributed by atoms with Crippen molar-refractivity contribution < 1.29 is 23.8 Å². The van der Waals surface area contributed by atoms with Gasteiger partial charge in [-0.2, -0.15) is 0 Å². The van der Waals surface area contributed by atoms with Crippen molar-refractivity contribution in [2.45, 2.75) is 64.6 Å². The zero-order chi connectivity index (χ0) is 20.1. The van der Waals surface area contributed by atoms with Crippen LogP contribution in [-0.4, -0.2) is 49.4 Å². The number of rotatable bonds is 15. The molecule has 1 unspecified atom stereocenters. The summed E-state index contributed by atoms with van der Waals surface area (Å²) in [5.41, 5.74) is -1.13. The summed E-state index contributed by atoms with van der Waals surface area (Å²) in [4.78, 5) is 22.6. The van der Waals surface area contributed by atoms with E-state index in [1.165, 1.54) is 0 Å². The third-order valence-corrected chi connectivity index (χ3v) is 3.95. The van der Waals surface area contributed by atoms with E-state index in [1.54, 1.807) is 0 Å². The minimum Gasteiger partial charge on any atom is -0.462 e. The minimum absolute atomic E-state index is 0.256. The van der Waals surface area contributed by atoms with Gasteiger partial charge in [-0.1, -0.05) is 26.5 Å². The lowest BCUT2D eigenvalue weighted by atomic mass is 10.0. The van der Waals surface area contributed by atoms with Crippen molar-refractivity contribution in [3.05, 3.63) is 25.3 Å². The van der Waals surface area contributed by atoms with Gasteiger partial charge in [0.15, 0.2) is 0 Å². The standard InChI is InChI=1S/C20H35NO5/c1-7-10-13-21-16-20(6,12-14-24-17(22)8-2)25-15-11-19(4,5)26-18(23)9-3/h8-9,21H,2-3,7,10-16H2,1,4-6H3. The van der Waals surface area contributed by atoms with Crippen molar-refractivity contribution in [2.24, 2.45) is 0 Å². The second-order valence-electron chi connectivity index (χ2n) is 7.09. The van der Waals surface area contributed by atoms with E-state index in [9.17, 15) is 9.59 Å². The third kappa shape index (κ3) is 11.8. The molecule has 0 spiro atoms. The molecule has 6 nitrogen and oxygen atoms in total. The first-order valence-corrected chi connectivity index (χ1v) is 9.17. The highest BCUT2D eigenvalue weighted by molar-refractivity contribution is 5.81. The molecule has 6 heteroatoms. The topological polar surface area (TPSA) is 73.9 Å². The number of ether oxygens (including phenoxy) is 3. The number of carbonyl (C=O) groups is 2. The largest absolute Gasteiger partial charge is 0.462 e. The van der Waals surface area contributed by atoms with E-state index in [0.29, 0.717) is 26.0 Å². The molecule has 0 aromatic heterocycles. The number of hydrogen-bond acceptors (Lipinski definition) is 6. The fourth-order valence-electron chi connectivity index (χ4n) is 2.20. The Balaban J connectivity index is 4.56. The van der Waals surface area contributed by atoms with Gasteiger partial charge in [0.05, 0.1) is 18.8 Å². The highest BCUT2D eigenvalue weighted by Crippen LogP contribution is 2.20. The number of hydrogen-bond donors (Lipinski definition) is 1. The van der Waals surface area contributed by atoms with Gasteiger partial charge in [-0.15, -0.1) is 0 Å². The first-order valence-electron chi connectivity index (χ1n) is 9.17. The van der Waals surface area contributed by atoms with Crippen LogP contribution in [0.2, 0.25) is 0 Å². The van der Waals surface area contributed by atoms with Crippen LogP contribution in [0.4, 0.5) is 0 Å². The maximum Gasteiger partial charge on any atom is 0.330 e. The molecule has 1 N–H and O–H groups in total. The van der Waals surface area contributed by atoms with Crippen molar-refractivity contribution in [3.8, 4) is 0 Å². The second kappa shape index (κ2) is 12.7. The van der Waals surface area contributed by atoms with Crippen LogP contribution in [-0.2, 0) is 23.8 Å². The highest BCUT2D eigenvalue weighted by atomic mass is 16.6. The molecule has 0 aliphatic carbocycles. The van der Waals surface area contributed by atoms with E-state index >= 15 is 0 Å². The first kappa shape index (κ1) is 24.3. The molecule has 0 bridgehead atoms. The molecule has 0 saturated heterocycles. The van der Waals surface area contributed by atoms with E-state index in [0.717, 1.165) is 31.5 Å². The van der Waals surface area contributed by atoms with E-state index < -0.39 is 23.1 Å². The Morgan fingerprint density at radius 3 is 2.27 bits per heavy atom. The quantitative estimate of drug-likeness (QED) is 0.271. The van der Waals surface area contributed by atoms with Crippen molar-refractivity contribution in [1.82, 2.24) is 5.32 Å². The van der Waals surface area contributed by atoms with Gasteiger partial charge in [0, 0.05) is 31.5 Å². The van der Waals surface area contributed by atoms with Crippen LogP contribution in [0.5, 0.6) is 0 Å². The number of esters is 2. The summed E-state index contributed by atoms with van der Waals surface area (Å²) in [6, 6.07) is 0. The van der Waals surface area contributed by atoms with Gasteiger partial charge >= 0.3 is 11.9 Å². The van der Waals surface area contributed by atoms with Gasteiger partial charge in [0.25, 0.3) is 0 Å². The van der Waals surface area contributed by atoms with Gasteiger partial charge in [0.2, 0.25) is 0 Å². The van der Waals surface area contributed by atoms with Gasteiger partial charge in [-0.25, -0.2) is 9.59 Å². The molecule has 0 aliphatic heterocycles. The van der Waals surface area contributed by atoms with Gasteiger partial charge < -0.3 is 19.5 Å². The number of carbonyl (C=O) groups excluding carboxylic acids is 2. The predicted octanol–water partition coefficient (Wildman–Crippen LogP) is 3.17. The third-order valence-electron chi connectivity index (χ3n) is 3.95. The summed E-state index contributed by atoms with van der Waals surface area (Å²) in [5.74, 6) is -0.890. The van der Waals surface area contributed by atoms with Crippen molar-refractivity contribution >= 4 is 11.9 Å². The summed E-state index contributed by atoms with van der Waals surface area (Å²) in [6.07, 6.45) is 5.60. The van der Waals surface area contributed by atoms with E-state index in [1.807, 2.05) is 20.8 Å². The first-order chi connectivity index (χ1) is 12.2. The lowest BCUT2D eigenvalue weighted by Gasteiger charge is -2.32. The molecule has 0 aliphatic rings. The van der Waals surface area contributed by atoms with Gasteiger partial charge in [-0.05, 0) is 33.7 Å². The molecule has 0 amide bonds. The zero-order valence-electron chi connectivity index (χ0n) is 16.8. The molecule has 0 radical (unpaired) electrons. The molecular weight excluding hydrogens is 334 g/mol. The minimum atomic E-state index is -0.642. The molecule has 150 valence electrons. The molecule has 0 aromatic carbocycles. The van der Waals surface area contributed by atoms with Gasteiger partial charge in [0.1, 0.15) is 5.60 Å². The summed E-state index contributed by atoms with van der Waals surface area (Å²) in [7, 11) is 0. The Kier molecular flexibility index (Phi) is 11.8. The number of nitrogens with one attached hydrogen (secondary N) is 1. The average Bonchev–Trinajstić information content (AvgIpc) is 2.58. The monoisotopic (exact) mass is 369 g/mol.